The fraction of sp³-hybridized carbons (Fsp3) is 0.350. The first-order valence-electron chi connectivity index (χ1n) is 8.56. The van der Waals surface area contributed by atoms with E-state index in [1.165, 1.54) is 17.7 Å². The van der Waals surface area contributed by atoms with Crippen LogP contribution in [0.5, 0.6) is 0 Å². The van der Waals surface area contributed by atoms with Crippen LogP contribution in [0.1, 0.15) is 17.9 Å². The second kappa shape index (κ2) is 6.27. The van der Waals surface area contributed by atoms with Gasteiger partial charge in [-0.05, 0) is 42.2 Å². The fourth-order valence-electron chi connectivity index (χ4n) is 3.61. The number of piperazine rings is 1. The standard InChI is InChI=1S/C20H21FN2O/c21-16-6-8-17(9-7-16)22-10-12-23(13-11-22)20(24)19-14-18(19)15-4-2-1-3-5-15/h1-9,18-19H,10-14H2/t18-,19-/m0/s1. The average Bonchev–Trinajstić information content (AvgIpc) is 3.43. The normalized spacial score (nSPS) is 23.2. The number of carbonyl (C=O) groups excluding carboxylic acids is 1. The van der Waals surface area contributed by atoms with E-state index >= 15 is 0 Å². The van der Waals surface area contributed by atoms with Crippen molar-refractivity contribution in [1.29, 1.82) is 0 Å². The predicted octanol–water partition coefficient (Wildman–Crippen LogP) is 3.28. The summed E-state index contributed by atoms with van der Waals surface area (Å²) in [7, 11) is 0. The molecule has 1 aliphatic heterocycles. The van der Waals surface area contributed by atoms with E-state index < -0.39 is 0 Å². The highest BCUT2D eigenvalue weighted by molar-refractivity contribution is 5.83. The van der Waals surface area contributed by atoms with Gasteiger partial charge in [-0.3, -0.25) is 4.79 Å². The number of anilines is 1. The Hall–Kier alpha value is -2.36. The van der Waals surface area contributed by atoms with Crippen molar-refractivity contribution < 1.29 is 9.18 Å². The SMILES string of the molecule is O=C([C@H]1C[C@H]1c1ccccc1)N1CCN(c2ccc(F)cc2)CC1. The molecule has 0 bridgehead atoms. The van der Waals surface area contributed by atoms with Gasteiger partial charge in [0.1, 0.15) is 5.82 Å². The summed E-state index contributed by atoms with van der Waals surface area (Å²) in [5.41, 5.74) is 2.30. The lowest BCUT2D eigenvalue weighted by atomic mass is 10.1. The molecule has 4 rings (SSSR count). The number of amides is 1. The Labute approximate surface area is 141 Å². The maximum Gasteiger partial charge on any atom is 0.226 e. The first-order valence-corrected chi connectivity index (χ1v) is 8.56. The van der Waals surface area contributed by atoms with Crippen molar-refractivity contribution >= 4 is 11.6 Å². The molecule has 1 aliphatic carbocycles. The lowest BCUT2D eigenvalue weighted by Gasteiger charge is -2.36. The summed E-state index contributed by atoms with van der Waals surface area (Å²) in [6.45, 7) is 3.10. The number of rotatable bonds is 3. The van der Waals surface area contributed by atoms with Crippen LogP contribution in [0.25, 0.3) is 0 Å². The van der Waals surface area contributed by atoms with Crippen molar-refractivity contribution in [3.8, 4) is 0 Å². The maximum atomic E-state index is 13.0. The summed E-state index contributed by atoms with van der Waals surface area (Å²) >= 11 is 0. The Morgan fingerprint density at radius 3 is 2.25 bits per heavy atom. The van der Waals surface area contributed by atoms with Gasteiger partial charge < -0.3 is 9.80 Å². The van der Waals surface area contributed by atoms with E-state index in [9.17, 15) is 9.18 Å². The average molecular weight is 324 g/mol. The topological polar surface area (TPSA) is 23.6 Å². The number of benzene rings is 2. The zero-order valence-corrected chi connectivity index (χ0v) is 13.6. The minimum Gasteiger partial charge on any atom is -0.368 e. The Balaban J connectivity index is 1.33. The van der Waals surface area contributed by atoms with Gasteiger partial charge in [-0.15, -0.1) is 0 Å². The van der Waals surface area contributed by atoms with Crippen LogP contribution in [0.2, 0.25) is 0 Å². The van der Waals surface area contributed by atoms with Gasteiger partial charge in [-0.25, -0.2) is 4.39 Å². The van der Waals surface area contributed by atoms with Crippen LogP contribution in [0.15, 0.2) is 54.6 Å². The van der Waals surface area contributed by atoms with Crippen LogP contribution in [-0.4, -0.2) is 37.0 Å². The van der Waals surface area contributed by atoms with Crippen molar-refractivity contribution in [2.24, 2.45) is 5.92 Å². The van der Waals surface area contributed by atoms with Crippen molar-refractivity contribution in [2.45, 2.75) is 12.3 Å². The Morgan fingerprint density at radius 1 is 0.917 bits per heavy atom. The summed E-state index contributed by atoms with van der Waals surface area (Å²) in [5, 5.41) is 0. The van der Waals surface area contributed by atoms with Crippen LogP contribution < -0.4 is 4.90 Å². The van der Waals surface area contributed by atoms with E-state index in [1.54, 1.807) is 12.1 Å². The van der Waals surface area contributed by atoms with E-state index in [-0.39, 0.29) is 11.7 Å². The zero-order valence-electron chi connectivity index (χ0n) is 13.6. The van der Waals surface area contributed by atoms with E-state index in [0.717, 1.165) is 38.3 Å². The Morgan fingerprint density at radius 2 is 1.58 bits per heavy atom. The first-order chi connectivity index (χ1) is 11.7. The molecule has 2 aromatic rings. The predicted molar refractivity (Wildman–Crippen MR) is 92.5 cm³/mol. The lowest BCUT2D eigenvalue weighted by molar-refractivity contribution is -0.132. The Bertz CT molecular complexity index is 708. The molecule has 2 aromatic carbocycles. The summed E-state index contributed by atoms with van der Waals surface area (Å²) in [4.78, 5) is 16.9. The van der Waals surface area contributed by atoms with Crippen LogP contribution in [0.3, 0.4) is 0 Å². The van der Waals surface area contributed by atoms with Crippen molar-refractivity contribution in [3.05, 3.63) is 66.0 Å². The largest absolute Gasteiger partial charge is 0.368 e. The molecular weight excluding hydrogens is 303 g/mol. The lowest BCUT2D eigenvalue weighted by Crippen LogP contribution is -2.49. The molecule has 24 heavy (non-hydrogen) atoms. The van der Waals surface area contributed by atoms with Gasteiger partial charge in [-0.1, -0.05) is 30.3 Å². The zero-order chi connectivity index (χ0) is 16.5. The minimum absolute atomic E-state index is 0.157. The van der Waals surface area contributed by atoms with E-state index in [4.69, 9.17) is 0 Å². The summed E-state index contributed by atoms with van der Waals surface area (Å²) in [6, 6.07) is 16.9. The molecule has 1 saturated carbocycles. The van der Waals surface area contributed by atoms with Gasteiger partial charge in [0.2, 0.25) is 5.91 Å². The number of hydrogen-bond donors (Lipinski definition) is 0. The molecule has 0 N–H and O–H groups in total. The third kappa shape index (κ3) is 3.01. The quantitative estimate of drug-likeness (QED) is 0.865. The first kappa shape index (κ1) is 15.2. The third-order valence-corrected chi connectivity index (χ3v) is 5.12. The number of halogens is 1. The van der Waals surface area contributed by atoms with Crippen molar-refractivity contribution in [2.75, 3.05) is 31.1 Å². The molecule has 2 fully saturated rings. The van der Waals surface area contributed by atoms with Crippen LogP contribution >= 0.6 is 0 Å². The number of nitrogens with zero attached hydrogens (tertiary/aromatic N) is 2. The smallest absolute Gasteiger partial charge is 0.226 e. The number of hydrogen-bond acceptors (Lipinski definition) is 2. The van der Waals surface area contributed by atoms with E-state index in [0.29, 0.717) is 11.8 Å². The van der Waals surface area contributed by atoms with Gasteiger partial charge in [0.25, 0.3) is 0 Å². The molecular formula is C20H21FN2O. The molecule has 1 heterocycles. The molecule has 1 amide bonds. The molecule has 0 spiro atoms. The van der Waals surface area contributed by atoms with Crippen molar-refractivity contribution in [3.63, 3.8) is 0 Å². The highest BCUT2D eigenvalue weighted by atomic mass is 19.1. The summed E-state index contributed by atoms with van der Waals surface area (Å²) in [5.74, 6) is 0.634. The highest BCUT2D eigenvalue weighted by Gasteiger charge is 2.45. The van der Waals surface area contributed by atoms with Crippen LogP contribution in [0, 0.1) is 11.7 Å². The monoisotopic (exact) mass is 324 g/mol. The molecule has 4 heteroatoms. The molecule has 0 radical (unpaired) electrons. The molecule has 1 saturated heterocycles. The summed E-state index contributed by atoms with van der Waals surface area (Å²) < 4.78 is 13.0. The van der Waals surface area contributed by atoms with Crippen molar-refractivity contribution in [1.82, 2.24) is 4.90 Å². The highest BCUT2D eigenvalue weighted by Crippen LogP contribution is 2.48. The fourth-order valence-corrected chi connectivity index (χ4v) is 3.61. The summed E-state index contributed by atoms with van der Waals surface area (Å²) in [6.07, 6.45) is 0.973. The molecule has 0 aromatic heterocycles. The van der Waals surface area contributed by atoms with Gasteiger partial charge in [0.15, 0.2) is 0 Å². The van der Waals surface area contributed by atoms with Gasteiger partial charge in [0.05, 0.1) is 0 Å². The minimum atomic E-state index is -0.215. The molecule has 2 aliphatic rings. The second-order valence-corrected chi connectivity index (χ2v) is 6.65. The number of carbonyl (C=O) groups is 1. The third-order valence-electron chi connectivity index (χ3n) is 5.12. The molecule has 2 atom stereocenters. The second-order valence-electron chi connectivity index (χ2n) is 6.65. The van der Waals surface area contributed by atoms with Crippen LogP contribution in [-0.2, 0) is 4.79 Å². The molecule has 124 valence electrons. The van der Waals surface area contributed by atoms with Gasteiger partial charge in [0, 0.05) is 37.8 Å². The Kier molecular flexibility index (Phi) is 3.97. The molecule has 3 nitrogen and oxygen atoms in total. The van der Waals surface area contributed by atoms with Gasteiger partial charge >= 0.3 is 0 Å². The van der Waals surface area contributed by atoms with E-state index in [1.807, 2.05) is 23.1 Å². The van der Waals surface area contributed by atoms with E-state index in [2.05, 4.69) is 17.0 Å². The van der Waals surface area contributed by atoms with Gasteiger partial charge in [-0.2, -0.15) is 0 Å². The maximum absolute atomic E-state index is 13.0. The van der Waals surface area contributed by atoms with Crippen LogP contribution in [0.4, 0.5) is 10.1 Å². The molecule has 0 unspecified atom stereocenters.